The Balaban J connectivity index is 1.81. The Hall–Kier alpha value is -2.46. The van der Waals surface area contributed by atoms with E-state index in [2.05, 4.69) is 27.4 Å². The molecule has 3 rings (SSSR count). The summed E-state index contributed by atoms with van der Waals surface area (Å²) in [6, 6.07) is 16.2. The van der Waals surface area contributed by atoms with Crippen LogP contribution < -0.4 is 11.1 Å². The topological polar surface area (TPSA) is 63.8 Å². The molecule has 1 aromatic heterocycles. The molecule has 0 radical (unpaired) electrons. The summed E-state index contributed by atoms with van der Waals surface area (Å²) in [5.74, 6) is 0.615. The summed E-state index contributed by atoms with van der Waals surface area (Å²) in [4.78, 5) is 8.87. The van der Waals surface area contributed by atoms with E-state index >= 15 is 0 Å². The monoisotopic (exact) mass is 278 g/mol. The summed E-state index contributed by atoms with van der Waals surface area (Å²) in [5.41, 5.74) is 8.76. The molecule has 0 atom stereocenters. The number of aryl methyl sites for hydroxylation is 1. The van der Waals surface area contributed by atoms with Crippen molar-refractivity contribution >= 4 is 22.5 Å². The highest BCUT2D eigenvalue weighted by Crippen LogP contribution is 2.18. The Morgan fingerprint density at radius 2 is 1.95 bits per heavy atom. The van der Waals surface area contributed by atoms with E-state index in [0.717, 1.165) is 29.4 Å². The molecule has 0 fully saturated rings. The number of nitrogens with two attached hydrogens (primary N) is 1. The van der Waals surface area contributed by atoms with Crippen molar-refractivity contribution in [3.63, 3.8) is 0 Å². The van der Waals surface area contributed by atoms with E-state index in [9.17, 15) is 0 Å². The van der Waals surface area contributed by atoms with E-state index in [0.29, 0.717) is 12.5 Å². The SMILES string of the molecule is NCCCc1cccc(Nc2ncc3ccccc3n2)c1. The fourth-order valence-electron chi connectivity index (χ4n) is 2.27. The summed E-state index contributed by atoms with van der Waals surface area (Å²) in [6.07, 6.45) is 3.82. The van der Waals surface area contributed by atoms with Crippen molar-refractivity contribution < 1.29 is 0 Å². The Kier molecular flexibility index (Phi) is 4.07. The molecule has 0 spiro atoms. The smallest absolute Gasteiger partial charge is 0.227 e. The number of para-hydroxylation sites is 1. The molecule has 0 aliphatic rings. The Labute approximate surface area is 124 Å². The number of aromatic nitrogens is 2. The fourth-order valence-corrected chi connectivity index (χ4v) is 2.27. The van der Waals surface area contributed by atoms with Crippen molar-refractivity contribution in [2.45, 2.75) is 12.8 Å². The van der Waals surface area contributed by atoms with Gasteiger partial charge < -0.3 is 11.1 Å². The minimum Gasteiger partial charge on any atom is -0.330 e. The molecule has 21 heavy (non-hydrogen) atoms. The van der Waals surface area contributed by atoms with Gasteiger partial charge in [-0.25, -0.2) is 9.97 Å². The van der Waals surface area contributed by atoms with Gasteiger partial charge in [0.15, 0.2) is 0 Å². The van der Waals surface area contributed by atoms with E-state index in [1.807, 2.05) is 42.6 Å². The number of hydrogen-bond donors (Lipinski definition) is 2. The van der Waals surface area contributed by atoms with Crippen LogP contribution >= 0.6 is 0 Å². The number of benzene rings is 2. The molecule has 3 aromatic rings. The molecule has 4 heteroatoms. The molecule has 2 aromatic carbocycles. The van der Waals surface area contributed by atoms with Crippen LogP contribution in [0, 0.1) is 0 Å². The fraction of sp³-hybridized carbons (Fsp3) is 0.176. The number of fused-ring (bicyclic) bond motifs is 1. The number of nitrogens with one attached hydrogen (secondary N) is 1. The molecule has 0 unspecified atom stereocenters. The average Bonchev–Trinajstić information content (AvgIpc) is 2.53. The van der Waals surface area contributed by atoms with Gasteiger partial charge in [-0.2, -0.15) is 0 Å². The summed E-state index contributed by atoms with van der Waals surface area (Å²) in [7, 11) is 0. The van der Waals surface area contributed by atoms with Crippen LogP contribution in [0.15, 0.2) is 54.7 Å². The molecule has 106 valence electrons. The number of hydrogen-bond acceptors (Lipinski definition) is 4. The van der Waals surface area contributed by atoms with Gasteiger partial charge in [0, 0.05) is 17.3 Å². The van der Waals surface area contributed by atoms with Gasteiger partial charge in [-0.1, -0.05) is 30.3 Å². The molecule has 0 amide bonds. The third-order valence-electron chi connectivity index (χ3n) is 3.34. The van der Waals surface area contributed by atoms with Crippen molar-refractivity contribution in [1.82, 2.24) is 9.97 Å². The first-order valence-electron chi connectivity index (χ1n) is 7.13. The van der Waals surface area contributed by atoms with Gasteiger partial charge in [-0.3, -0.25) is 0 Å². The first kappa shape index (κ1) is 13.5. The second kappa shape index (κ2) is 6.33. The Morgan fingerprint density at radius 1 is 1.05 bits per heavy atom. The standard InChI is InChI=1S/C17H18N4/c18-10-4-6-13-5-3-8-15(11-13)20-17-19-12-14-7-1-2-9-16(14)21-17/h1-3,5,7-9,11-12H,4,6,10,18H2,(H,19,20,21). The lowest BCUT2D eigenvalue weighted by Gasteiger charge is -2.07. The van der Waals surface area contributed by atoms with Gasteiger partial charge in [0.1, 0.15) is 0 Å². The van der Waals surface area contributed by atoms with E-state index in [4.69, 9.17) is 5.73 Å². The van der Waals surface area contributed by atoms with Crippen molar-refractivity contribution in [3.05, 3.63) is 60.3 Å². The van der Waals surface area contributed by atoms with Gasteiger partial charge in [0.05, 0.1) is 5.52 Å². The largest absolute Gasteiger partial charge is 0.330 e. The lowest BCUT2D eigenvalue weighted by Crippen LogP contribution is -2.01. The van der Waals surface area contributed by atoms with Crippen LogP contribution in [0.25, 0.3) is 10.9 Å². The van der Waals surface area contributed by atoms with Crippen LogP contribution in [0.4, 0.5) is 11.6 Å². The predicted molar refractivity (Wildman–Crippen MR) is 86.6 cm³/mol. The van der Waals surface area contributed by atoms with Crippen LogP contribution in [-0.2, 0) is 6.42 Å². The molecule has 0 bridgehead atoms. The van der Waals surface area contributed by atoms with Crippen LogP contribution in [0.5, 0.6) is 0 Å². The normalized spacial score (nSPS) is 10.7. The van der Waals surface area contributed by atoms with Crippen molar-refractivity contribution in [1.29, 1.82) is 0 Å². The molecular formula is C17H18N4. The Morgan fingerprint density at radius 3 is 2.86 bits per heavy atom. The zero-order valence-corrected chi connectivity index (χ0v) is 11.8. The molecule has 0 aliphatic heterocycles. The van der Waals surface area contributed by atoms with Gasteiger partial charge in [-0.05, 0) is 43.1 Å². The number of anilines is 2. The van der Waals surface area contributed by atoms with Gasteiger partial charge >= 0.3 is 0 Å². The van der Waals surface area contributed by atoms with Crippen LogP contribution in [0.1, 0.15) is 12.0 Å². The average molecular weight is 278 g/mol. The summed E-state index contributed by atoms with van der Waals surface area (Å²) in [5, 5.41) is 4.30. The quantitative estimate of drug-likeness (QED) is 0.752. The first-order valence-corrected chi connectivity index (χ1v) is 7.13. The third-order valence-corrected chi connectivity index (χ3v) is 3.34. The maximum absolute atomic E-state index is 5.56. The molecule has 4 nitrogen and oxygen atoms in total. The summed E-state index contributed by atoms with van der Waals surface area (Å²) < 4.78 is 0. The summed E-state index contributed by atoms with van der Waals surface area (Å²) >= 11 is 0. The van der Waals surface area contributed by atoms with E-state index < -0.39 is 0 Å². The lowest BCUT2D eigenvalue weighted by molar-refractivity contribution is 0.833. The first-order chi connectivity index (χ1) is 10.3. The van der Waals surface area contributed by atoms with Gasteiger partial charge in [0.25, 0.3) is 0 Å². The van der Waals surface area contributed by atoms with Crippen molar-refractivity contribution in [2.75, 3.05) is 11.9 Å². The third kappa shape index (κ3) is 3.35. The molecular weight excluding hydrogens is 260 g/mol. The highest BCUT2D eigenvalue weighted by atomic mass is 15.1. The predicted octanol–water partition coefficient (Wildman–Crippen LogP) is 3.26. The second-order valence-electron chi connectivity index (χ2n) is 4.97. The molecule has 0 aliphatic carbocycles. The molecule has 3 N–H and O–H groups in total. The van der Waals surface area contributed by atoms with E-state index in [1.165, 1.54) is 5.56 Å². The minimum absolute atomic E-state index is 0.615. The zero-order valence-electron chi connectivity index (χ0n) is 11.8. The lowest BCUT2D eigenvalue weighted by atomic mass is 10.1. The maximum atomic E-state index is 5.56. The van der Waals surface area contributed by atoms with Crippen molar-refractivity contribution in [2.24, 2.45) is 5.73 Å². The molecule has 0 saturated carbocycles. The minimum atomic E-state index is 0.615. The highest BCUT2D eigenvalue weighted by Gasteiger charge is 2.01. The summed E-state index contributed by atoms with van der Waals surface area (Å²) in [6.45, 7) is 0.714. The van der Waals surface area contributed by atoms with Crippen LogP contribution in [0.3, 0.4) is 0 Å². The van der Waals surface area contributed by atoms with E-state index in [1.54, 1.807) is 0 Å². The van der Waals surface area contributed by atoms with Crippen LogP contribution in [-0.4, -0.2) is 16.5 Å². The van der Waals surface area contributed by atoms with Crippen LogP contribution in [0.2, 0.25) is 0 Å². The molecule has 0 saturated heterocycles. The maximum Gasteiger partial charge on any atom is 0.227 e. The Bertz CT molecular complexity index is 739. The van der Waals surface area contributed by atoms with E-state index in [-0.39, 0.29) is 0 Å². The number of rotatable bonds is 5. The number of nitrogens with zero attached hydrogens (tertiary/aromatic N) is 2. The van der Waals surface area contributed by atoms with Gasteiger partial charge in [-0.15, -0.1) is 0 Å². The van der Waals surface area contributed by atoms with Gasteiger partial charge in [0.2, 0.25) is 5.95 Å². The second-order valence-corrected chi connectivity index (χ2v) is 4.97. The molecule has 1 heterocycles. The van der Waals surface area contributed by atoms with Crippen molar-refractivity contribution in [3.8, 4) is 0 Å². The zero-order chi connectivity index (χ0) is 14.5. The highest BCUT2D eigenvalue weighted by molar-refractivity contribution is 5.78.